The Kier molecular flexibility index (Phi) is 6.60. The lowest BCUT2D eigenvalue weighted by molar-refractivity contribution is 0.627. The number of aromatic nitrogens is 2. The molecule has 0 saturated heterocycles. The predicted molar refractivity (Wildman–Crippen MR) is 121 cm³/mol. The molecule has 150 valence electrons. The van der Waals surface area contributed by atoms with Crippen LogP contribution < -0.4 is 11.2 Å². The SMILES string of the molecule is Cc1cc(C)cc(Sc2c(C(C)C)c(=O)[nH]c(=O)n2CC=Cc2ccccc2)c1. The van der Waals surface area contributed by atoms with Crippen LogP contribution in [0.1, 0.15) is 42.0 Å². The maximum Gasteiger partial charge on any atom is 0.329 e. The van der Waals surface area contributed by atoms with E-state index >= 15 is 0 Å². The molecule has 5 heteroatoms. The lowest BCUT2D eigenvalue weighted by atomic mass is 10.1. The van der Waals surface area contributed by atoms with Gasteiger partial charge in [0, 0.05) is 11.4 Å². The first-order chi connectivity index (χ1) is 13.8. The highest BCUT2D eigenvalue weighted by atomic mass is 32.2. The zero-order valence-corrected chi connectivity index (χ0v) is 18.0. The summed E-state index contributed by atoms with van der Waals surface area (Å²) in [5.74, 6) is -0.00268. The maximum atomic E-state index is 12.7. The van der Waals surface area contributed by atoms with Gasteiger partial charge in [-0.3, -0.25) is 14.3 Å². The van der Waals surface area contributed by atoms with E-state index in [2.05, 4.69) is 23.2 Å². The molecule has 0 aliphatic rings. The van der Waals surface area contributed by atoms with Gasteiger partial charge < -0.3 is 0 Å². The van der Waals surface area contributed by atoms with Crippen molar-refractivity contribution in [2.75, 3.05) is 0 Å². The Morgan fingerprint density at radius 3 is 2.31 bits per heavy atom. The molecule has 0 aliphatic carbocycles. The molecule has 0 bridgehead atoms. The molecule has 0 saturated carbocycles. The first-order valence-electron chi connectivity index (χ1n) is 9.70. The fourth-order valence-electron chi connectivity index (χ4n) is 3.31. The summed E-state index contributed by atoms with van der Waals surface area (Å²) >= 11 is 1.48. The number of nitrogens with zero attached hydrogens (tertiary/aromatic N) is 1. The van der Waals surface area contributed by atoms with Gasteiger partial charge in [-0.2, -0.15) is 0 Å². The fraction of sp³-hybridized carbons (Fsp3) is 0.250. The molecule has 0 unspecified atom stereocenters. The monoisotopic (exact) mass is 406 g/mol. The summed E-state index contributed by atoms with van der Waals surface area (Å²) in [6.07, 6.45) is 3.93. The Balaban J connectivity index is 2.06. The van der Waals surface area contributed by atoms with Crippen LogP contribution in [0.4, 0.5) is 0 Å². The highest BCUT2D eigenvalue weighted by Gasteiger charge is 2.18. The number of hydrogen-bond donors (Lipinski definition) is 1. The Morgan fingerprint density at radius 1 is 1.03 bits per heavy atom. The van der Waals surface area contributed by atoms with Gasteiger partial charge in [0.25, 0.3) is 5.56 Å². The molecule has 3 aromatic rings. The Morgan fingerprint density at radius 2 is 1.69 bits per heavy atom. The van der Waals surface area contributed by atoms with E-state index < -0.39 is 0 Å². The summed E-state index contributed by atoms with van der Waals surface area (Å²) < 4.78 is 1.65. The number of allylic oxidation sites excluding steroid dienone is 1. The highest BCUT2D eigenvalue weighted by Crippen LogP contribution is 2.32. The van der Waals surface area contributed by atoms with Gasteiger partial charge in [0.05, 0.1) is 10.6 Å². The van der Waals surface area contributed by atoms with Gasteiger partial charge in [0.15, 0.2) is 0 Å². The van der Waals surface area contributed by atoms with Crippen molar-refractivity contribution in [3.05, 3.63) is 97.7 Å². The van der Waals surface area contributed by atoms with Gasteiger partial charge in [-0.1, -0.05) is 74.2 Å². The maximum absolute atomic E-state index is 12.7. The van der Waals surface area contributed by atoms with Crippen molar-refractivity contribution in [3.8, 4) is 0 Å². The number of hydrogen-bond acceptors (Lipinski definition) is 3. The number of nitrogens with one attached hydrogen (secondary N) is 1. The largest absolute Gasteiger partial charge is 0.329 e. The third-order valence-corrected chi connectivity index (χ3v) is 5.68. The molecule has 3 rings (SSSR count). The van der Waals surface area contributed by atoms with E-state index in [1.165, 1.54) is 11.8 Å². The standard InChI is InChI=1S/C24H26N2O2S/c1-16(2)21-22(27)25-24(28)26(12-8-11-19-9-6-5-7-10-19)23(21)29-20-14-17(3)13-18(4)15-20/h5-11,13-16H,12H2,1-4H3,(H,25,27,28). The van der Waals surface area contributed by atoms with E-state index in [1.807, 2.05) is 70.2 Å². The topological polar surface area (TPSA) is 54.9 Å². The molecule has 1 N–H and O–H groups in total. The third kappa shape index (κ3) is 5.18. The fourth-order valence-corrected chi connectivity index (χ4v) is 4.73. The molecule has 0 atom stereocenters. The molecule has 1 aromatic heterocycles. The summed E-state index contributed by atoms with van der Waals surface area (Å²) in [4.78, 5) is 28.8. The van der Waals surface area contributed by atoms with Crippen LogP contribution in [0.2, 0.25) is 0 Å². The number of aryl methyl sites for hydroxylation is 2. The number of aromatic amines is 1. The molecule has 0 radical (unpaired) electrons. The average molecular weight is 407 g/mol. The minimum atomic E-state index is -0.385. The van der Waals surface area contributed by atoms with E-state index in [-0.39, 0.29) is 17.2 Å². The smallest absolute Gasteiger partial charge is 0.284 e. The van der Waals surface area contributed by atoms with Crippen LogP contribution in [0.5, 0.6) is 0 Å². The average Bonchev–Trinajstić information content (AvgIpc) is 2.63. The number of benzene rings is 2. The van der Waals surface area contributed by atoms with Gasteiger partial charge in [0.1, 0.15) is 0 Å². The molecule has 29 heavy (non-hydrogen) atoms. The molecular formula is C24H26N2O2S. The predicted octanol–water partition coefficient (Wildman–Crippen LogP) is 5.14. The van der Waals surface area contributed by atoms with Crippen molar-refractivity contribution in [1.82, 2.24) is 9.55 Å². The molecule has 0 amide bonds. The second-order valence-corrected chi connectivity index (χ2v) is 8.54. The zero-order valence-electron chi connectivity index (χ0n) is 17.2. The highest BCUT2D eigenvalue weighted by molar-refractivity contribution is 7.99. The second kappa shape index (κ2) is 9.14. The van der Waals surface area contributed by atoms with E-state index in [0.29, 0.717) is 17.1 Å². The summed E-state index contributed by atoms with van der Waals surface area (Å²) in [7, 11) is 0. The van der Waals surface area contributed by atoms with Crippen LogP contribution in [0.25, 0.3) is 6.08 Å². The van der Waals surface area contributed by atoms with E-state index in [0.717, 1.165) is 21.6 Å². The van der Waals surface area contributed by atoms with Crippen molar-refractivity contribution in [3.63, 3.8) is 0 Å². The van der Waals surface area contributed by atoms with Gasteiger partial charge >= 0.3 is 5.69 Å². The molecular weight excluding hydrogens is 380 g/mol. The van der Waals surface area contributed by atoms with Crippen LogP contribution in [0.3, 0.4) is 0 Å². The van der Waals surface area contributed by atoms with Gasteiger partial charge in [-0.05, 0) is 48.6 Å². The molecule has 1 heterocycles. The van der Waals surface area contributed by atoms with E-state index in [1.54, 1.807) is 4.57 Å². The number of H-pyrrole nitrogens is 1. The van der Waals surface area contributed by atoms with Crippen molar-refractivity contribution in [1.29, 1.82) is 0 Å². The van der Waals surface area contributed by atoms with Crippen molar-refractivity contribution >= 4 is 17.8 Å². The summed E-state index contributed by atoms with van der Waals surface area (Å²) in [6, 6.07) is 16.2. The second-order valence-electron chi connectivity index (χ2n) is 7.48. The lowest BCUT2D eigenvalue weighted by Gasteiger charge is -2.17. The van der Waals surface area contributed by atoms with Crippen LogP contribution >= 0.6 is 11.8 Å². The minimum Gasteiger partial charge on any atom is -0.284 e. The van der Waals surface area contributed by atoms with Gasteiger partial charge in [-0.25, -0.2) is 4.79 Å². The van der Waals surface area contributed by atoms with Crippen molar-refractivity contribution in [2.24, 2.45) is 0 Å². The van der Waals surface area contributed by atoms with E-state index in [4.69, 9.17) is 0 Å². The van der Waals surface area contributed by atoms with Crippen molar-refractivity contribution < 1.29 is 0 Å². The minimum absolute atomic E-state index is 0.00268. The summed E-state index contributed by atoms with van der Waals surface area (Å²) in [5, 5.41) is 0.705. The molecule has 0 spiro atoms. The van der Waals surface area contributed by atoms with Crippen LogP contribution in [0, 0.1) is 13.8 Å². The third-order valence-electron chi connectivity index (χ3n) is 4.57. The summed E-state index contributed by atoms with van der Waals surface area (Å²) in [5.41, 5.74) is 3.33. The Labute approximate surface area is 175 Å². The van der Waals surface area contributed by atoms with Crippen LogP contribution in [-0.4, -0.2) is 9.55 Å². The van der Waals surface area contributed by atoms with Gasteiger partial charge in [-0.15, -0.1) is 0 Å². The zero-order chi connectivity index (χ0) is 21.0. The quantitative estimate of drug-likeness (QED) is 0.577. The molecule has 2 aromatic carbocycles. The first-order valence-corrected chi connectivity index (χ1v) is 10.5. The normalized spacial score (nSPS) is 11.5. The van der Waals surface area contributed by atoms with Crippen molar-refractivity contribution in [2.45, 2.75) is 50.1 Å². The number of rotatable bonds is 6. The molecule has 0 aliphatic heterocycles. The Bertz CT molecular complexity index is 1120. The van der Waals surface area contributed by atoms with Crippen LogP contribution in [0.15, 0.2) is 74.1 Å². The van der Waals surface area contributed by atoms with Gasteiger partial charge in [0.2, 0.25) is 0 Å². The molecule has 4 nitrogen and oxygen atoms in total. The first kappa shape index (κ1) is 20.9. The summed E-state index contributed by atoms with van der Waals surface area (Å²) in [6.45, 7) is 8.44. The Hall–Kier alpha value is -2.79. The van der Waals surface area contributed by atoms with Crippen LogP contribution in [-0.2, 0) is 6.54 Å². The lowest BCUT2D eigenvalue weighted by Crippen LogP contribution is -2.34. The molecule has 0 fully saturated rings. The van der Waals surface area contributed by atoms with E-state index in [9.17, 15) is 9.59 Å².